The van der Waals surface area contributed by atoms with Gasteiger partial charge in [-0.25, -0.2) is 0 Å². The maximum Gasteiger partial charge on any atom is 0.308 e. The third-order valence-corrected chi connectivity index (χ3v) is 4.46. The van der Waals surface area contributed by atoms with Crippen molar-refractivity contribution in [2.45, 2.75) is 19.9 Å². The molecule has 0 saturated carbocycles. The molecule has 1 heterocycles. The Morgan fingerprint density at radius 1 is 1.18 bits per heavy atom. The summed E-state index contributed by atoms with van der Waals surface area (Å²) in [6.07, 6.45) is 2.03. The second-order valence-corrected chi connectivity index (χ2v) is 6.48. The molecular formula is C21H23N3O4. The van der Waals surface area contributed by atoms with Crippen LogP contribution >= 0.6 is 0 Å². The average molecular weight is 381 g/mol. The fourth-order valence-electron chi connectivity index (χ4n) is 3.00. The lowest BCUT2D eigenvalue weighted by atomic mass is 9.99. The second kappa shape index (κ2) is 9.03. The van der Waals surface area contributed by atoms with Crippen LogP contribution in [0.3, 0.4) is 0 Å². The number of carboxylic acids is 1. The zero-order valence-corrected chi connectivity index (χ0v) is 15.7. The van der Waals surface area contributed by atoms with E-state index in [9.17, 15) is 14.7 Å². The van der Waals surface area contributed by atoms with E-state index in [1.165, 1.54) is 0 Å². The van der Waals surface area contributed by atoms with Crippen molar-refractivity contribution in [2.75, 3.05) is 13.2 Å². The summed E-state index contributed by atoms with van der Waals surface area (Å²) < 4.78 is 7.00. The lowest BCUT2D eigenvalue weighted by Gasteiger charge is -2.14. The molecule has 1 atom stereocenters. The summed E-state index contributed by atoms with van der Waals surface area (Å²) in [6, 6.07) is 14.9. The minimum Gasteiger partial charge on any atom is -0.494 e. The first-order chi connectivity index (χ1) is 13.6. The van der Waals surface area contributed by atoms with Crippen molar-refractivity contribution in [3.05, 3.63) is 60.3 Å². The number of fused-ring (bicyclic) bond motifs is 1. The summed E-state index contributed by atoms with van der Waals surface area (Å²) >= 11 is 0. The summed E-state index contributed by atoms with van der Waals surface area (Å²) in [5.41, 5.74) is 1.74. The zero-order valence-electron chi connectivity index (χ0n) is 15.7. The van der Waals surface area contributed by atoms with E-state index in [0.717, 1.165) is 22.2 Å². The molecule has 3 aromatic rings. The highest BCUT2D eigenvalue weighted by atomic mass is 16.5. The molecule has 0 aliphatic rings. The molecule has 2 N–H and O–H groups in total. The van der Waals surface area contributed by atoms with Gasteiger partial charge in [0.1, 0.15) is 12.3 Å². The Labute approximate surface area is 162 Å². The maximum absolute atomic E-state index is 12.3. The van der Waals surface area contributed by atoms with Gasteiger partial charge in [0.05, 0.1) is 24.2 Å². The third-order valence-electron chi connectivity index (χ3n) is 4.46. The summed E-state index contributed by atoms with van der Waals surface area (Å²) in [5, 5.41) is 17.4. The van der Waals surface area contributed by atoms with E-state index in [1.54, 1.807) is 10.9 Å². The first-order valence-corrected chi connectivity index (χ1v) is 9.18. The molecule has 3 rings (SSSR count). The van der Waals surface area contributed by atoms with Crippen LogP contribution in [0.2, 0.25) is 0 Å². The number of amides is 1. The quantitative estimate of drug-likeness (QED) is 0.594. The maximum atomic E-state index is 12.3. The molecular weight excluding hydrogens is 358 g/mol. The van der Waals surface area contributed by atoms with E-state index in [1.807, 2.05) is 55.5 Å². The number of aliphatic carboxylic acids is 1. The van der Waals surface area contributed by atoms with Gasteiger partial charge in [-0.3, -0.25) is 14.3 Å². The number of carbonyl (C=O) groups excluding carboxylic acids is 1. The minimum atomic E-state index is -0.946. The molecule has 0 aliphatic heterocycles. The van der Waals surface area contributed by atoms with Gasteiger partial charge in [-0.05, 0) is 37.1 Å². The Kier molecular flexibility index (Phi) is 6.26. The molecule has 146 valence electrons. The Hall–Kier alpha value is -3.35. The minimum absolute atomic E-state index is 0.0445. The van der Waals surface area contributed by atoms with Crippen LogP contribution in [0.15, 0.2) is 54.7 Å². The lowest BCUT2D eigenvalue weighted by Crippen LogP contribution is -2.36. The van der Waals surface area contributed by atoms with Gasteiger partial charge in [0, 0.05) is 11.9 Å². The largest absolute Gasteiger partial charge is 0.494 e. The number of nitrogens with zero attached hydrogens (tertiary/aromatic N) is 2. The highest BCUT2D eigenvalue weighted by Gasteiger charge is 2.19. The monoisotopic (exact) mass is 381 g/mol. The zero-order chi connectivity index (χ0) is 19.9. The molecule has 7 heteroatoms. The molecule has 0 radical (unpaired) electrons. The first kappa shape index (κ1) is 19.4. The number of aromatic nitrogens is 2. The van der Waals surface area contributed by atoms with Crippen molar-refractivity contribution < 1.29 is 19.4 Å². The van der Waals surface area contributed by atoms with Gasteiger partial charge in [-0.1, -0.05) is 30.3 Å². The van der Waals surface area contributed by atoms with E-state index in [4.69, 9.17) is 4.74 Å². The van der Waals surface area contributed by atoms with Gasteiger partial charge in [0.2, 0.25) is 5.91 Å². The highest BCUT2D eigenvalue weighted by molar-refractivity contribution is 5.82. The predicted molar refractivity (Wildman–Crippen MR) is 105 cm³/mol. The van der Waals surface area contributed by atoms with Crippen LogP contribution in [0, 0.1) is 5.92 Å². The highest BCUT2D eigenvalue weighted by Crippen LogP contribution is 2.16. The molecule has 1 unspecified atom stereocenters. The van der Waals surface area contributed by atoms with Crippen molar-refractivity contribution in [3.63, 3.8) is 0 Å². The number of benzene rings is 2. The third kappa shape index (κ3) is 4.88. The van der Waals surface area contributed by atoms with Crippen molar-refractivity contribution in [1.82, 2.24) is 15.1 Å². The smallest absolute Gasteiger partial charge is 0.308 e. The molecule has 0 spiro atoms. The van der Waals surface area contributed by atoms with Crippen LogP contribution in [0.4, 0.5) is 0 Å². The molecule has 28 heavy (non-hydrogen) atoms. The van der Waals surface area contributed by atoms with Crippen LogP contribution < -0.4 is 10.1 Å². The van der Waals surface area contributed by atoms with E-state index in [0.29, 0.717) is 13.0 Å². The molecule has 0 bridgehead atoms. The second-order valence-electron chi connectivity index (χ2n) is 6.48. The van der Waals surface area contributed by atoms with Gasteiger partial charge in [-0.15, -0.1) is 0 Å². The van der Waals surface area contributed by atoms with E-state index >= 15 is 0 Å². The topological polar surface area (TPSA) is 93.5 Å². The summed E-state index contributed by atoms with van der Waals surface area (Å²) in [4.78, 5) is 23.9. The van der Waals surface area contributed by atoms with E-state index in [2.05, 4.69) is 10.4 Å². The normalized spacial score (nSPS) is 11.9. The van der Waals surface area contributed by atoms with E-state index in [-0.39, 0.29) is 19.0 Å². The Morgan fingerprint density at radius 3 is 2.64 bits per heavy atom. The number of carbonyl (C=O) groups is 2. The van der Waals surface area contributed by atoms with Gasteiger partial charge in [0.25, 0.3) is 0 Å². The summed E-state index contributed by atoms with van der Waals surface area (Å²) in [7, 11) is 0. The number of rotatable bonds is 9. The Bertz CT molecular complexity index is 950. The molecule has 7 nitrogen and oxygen atoms in total. The molecule has 1 aromatic heterocycles. The number of para-hydroxylation sites is 1. The van der Waals surface area contributed by atoms with Crippen LogP contribution in [0.5, 0.6) is 5.75 Å². The number of nitrogens with one attached hydrogen (secondary N) is 1. The van der Waals surface area contributed by atoms with Crippen LogP contribution in [-0.2, 0) is 22.6 Å². The molecule has 0 fully saturated rings. The number of carboxylic acid groups (broad SMARTS) is 1. The number of hydrogen-bond donors (Lipinski definition) is 2. The fraction of sp³-hybridized carbons (Fsp3) is 0.286. The lowest BCUT2D eigenvalue weighted by molar-refractivity contribution is -0.141. The van der Waals surface area contributed by atoms with Crippen molar-refractivity contribution in [1.29, 1.82) is 0 Å². The van der Waals surface area contributed by atoms with Gasteiger partial charge in [0.15, 0.2) is 0 Å². The van der Waals surface area contributed by atoms with Gasteiger partial charge < -0.3 is 15.2 Å². The van der Waals surface area contributed by atoms with Crippen LogP contribution in [0.25, 0.3) is 10.9 Å². The molecule has 1 amide bonds. The van der Waals surface area contributed by atoms with Crippen LogP contribution in [-0.4, -0.2) is 39.9 Å². The molecule has 0 aliphatic carbocycles. The van der Waals surface area contributed by atoms with E-state index < -0.39 is 11.9 Å². The fourth-order valence-corrected chi connectivity index (χ4v) is 3.00. The number of ether oxygens (including phenoxy) is 1. The average Bonchev–Trinajstić information content (AvgIpc) is 3.09. The van der Waals surface area contributed by atoms with Gasteiger partial charge in [-0.2, -0.15) is 5.10 Å². The molecule has 0 saturated heterocycles. The Balaban J connectivity index is 1.56. The van der Waals surface area contributed by atoms with Gasteiger partial charge >= 0.3 is 5.97 Å². The summed E-state index contributed by atoms with van der Waals surface area (Å²) in [5.74, 6) is -1.18. The van der Waals surface area contributed by atoms with Crippen molar-refractivity contribution in [3.8, 4) is 5.75 Å². The van der Waals surface area contributed by atoms with Crippen molar-refractivity contribution >= 4 is 22.8 Å². The first-order valence-electron chi connectivity index (χ1n) is 9.18. The predicted octanol–water partition coefficient (Wildman–Crippen LogP) is 2.49. The number of hydrogen-bond acceptors (Lipinski definition) is 4. The SMILES string of the molecule is CCOc1ccc(CC(CNC(=O)Cn2ncc3ccccc32)C(=O)O)cc1. The van der Waals surface area contributed by atoms with Crippen LogP contribution in [0.1, 0.15) is 12.5 Å². The summed E-state index contributed by atoms with van der Waals surface area (Å²) in [6.45, 7) is 2.58. The Morgan fingerprint density at radius 2 is 1.93 bits per heavy atom. The van der Waals surface area contributed by atoms with Crippen molar-refractivity contribution in [2.24, 2.45) is 5.92 Å². The standard InChI is InChI=1S/C21H23N3O4/c1-2-28-18-9-7-15(8-10-18)11-17(21(26)27)12-22-20(25)14-24-19-6-4-3-5-16(19)13-23-24/h3-10,13,17H,2,11-12,14H2,1H3,(H,22,25)(H,26,27). The molecule has 2 aromatic carbocycles.